The van der Waals surface area contributed by atoms with Crippen molar-refractivity contribution in [2.45, 2.75) is 11.3 Å². The van der Waals surface area contributed by atoms with Gasteiger partial charge in [0, 0.05) is 18.9 Å². The molecule has 0 unspecified atom stereocenters. The Morgan fingerprint density at radius 3 is 2.63 bits per heavy atom. The van der Waals surface area contributed by atoms with Crippen LogP contribution in [-0.4, -0.2) is 36.6 Å². The number of sulfonamides is 1. The van der Waals surface area contributed by atoms with E-state index in [1.165, 1.54) is 7.05 Å². The fourth-order valence-corrected chi connectivity index (χ4v) is 3.02. The van der Waals surface area contributed by atoms with Crippen molar-refractivity contribution in [2.24, 2.45) is 0 Å². The first-order valence-corrected chi connectivity index (χ1v) is 7.83. The maximum atomic E-state index is 13.0. The summed E-state index contributed by atoms with van der Waals surface area (Å²) in [5.74, 6) is -0.853. The fraction of sp³-hybridized carbons (Fsp3) is 0.400. The molecule has 19 heavy (non-hydrogen) atoms. The molecule has 0 aliphatic rings. The van der Waals surface area contributed by atoms with Gasteiger partial charge in [0.1, 0.15) is 5.82 Å². The summed E-state index contributed by atoms with van der Waals surface area (Å²) in [5.41, 5.74) is -0.759. The van der Waals surface area contributed by atoms with Crippen molar-refractivity contribution in [3.63, 3.8) is 0 Å². The van der Waals surface area contributed by atoms with Gasteiger partial charge >= 0.3 is 0 Å². The molecule has 1 aromatic rings. The molecular weight excluding hydrogens is 343 g/mol. The summed E-state index contributed by atoms with van der Waals surface area (Å²) in [6.45, 7) is 0.210. The molecule has 0 fully saturated rings. The lowest BCUT2D eigenvalue weighted by molar-refractivity contribution is -0.388. The lowest BCUT2D eigenvalue weighted by atomic mass is 10.3. The number of rotatable bonds is 6. The van der Waals surface area contributed by atoms with E-state index in [1.54, 1.807) is 0 Å². The second-order valence-electron chi connectivity index (χ2n) is 3.74. The number of nitro benzene ring substituents is 1. The van der Waals surface area contributed by atoms with E-state index in [2.05, 4.69) is 15.9 Å². The van der Waals surface area contributed by atoms with Crippen molar-refractivity contribution in [3.05, 3.63) is 34.1 Å². The average Bonchev–Trinajstić information content (AvgIpc) is 2.35. The van der Waals surface area contributed by atoms with E-state index in [4.69, 9.17) is 0 Å². The van der Waals surface area contributed by atoms with Crippen molar-refractivity contribution in [2.75, 3.05) is 18.9 Å². The van der Waals surface area contributed by atoms with Gasteiger partial charge in [0.2, 0.25) is 10.0 Å². The zero-order valence-corrected chi connectivity index (χ0v) is 12.4. The zero-order chi connectivity index (χ0) is 14.6. The number of halogens is 2. The highest BCUT2D eigenvalue weighted by molar-refractivity contribution is 9.09. The zero-order valence-electron chi connectivity index (χ0n) is 10.0. The van der Waals surface area contributed by atoms with Crippen LogP contribution in [0.2, 0.25) is 0 Å². The molecule has 1 aromatic carbocycles. The van der Waals surface area contributed by atoms with Crippen LogP contribution in [0.25, 0.3) is 0 Å². The highest BCUT2D eigenvalue weighted by Crippen LogP contribution is 2.26. The summed E-state index contributed by atoms with van der Waals surface area (Å²) in [6, 6.07) is 2.40. The molecule has 0 spiro atoms. The van der Waals surface area contributed by atoms with Gasteiger partial charge in [-0.3, -0.25) is 10.1 Å². The first kappa shape index (κ1) is 16.0. The molecule has 0 amide bonds. The number of hydrogen-bond acceptors (Lipinski definition) is 4. The standard InChI is InChI=1S/C10H12BrFN2O4S/c1-13(6-2-5-11)19(17,18)10-4-3-8(12)7-9(10)14(15)16/h3-4,7H,2,5-6H2,1H3. The molecule has 0 aliphatic heterocycles. The summed E-state index contributed by atoms with van der Waals surface area (Å²) < 4.78 is 38.3. The number of alkyl halides is 1. The Morgan fingerprint density at radius 1 is 1.47 bits per heavy atom. The third-order valence-electron chi connectivity index (χ3n) is 2.41. The van der Waals surface area contributed by atoms with E-state index in [0.717, 1.165) is 16.4 Å². The predicted octanol–water partition coefficient (Wildman–Crippen LogP) is 2.14. The smallest absolute Gasteiger partial charge is 0.258 e. The highest BCUT2D eigenvalue weighted by Gasteiger charge is 2.29. The minimum Gasteiger partial charge on any atom is -0.258 e. The largest absolute Gasteiger partial charge is 0.292 e. The van der Waals surface area contributed by atoms with Crippen LogP contribution in [0.4, 0.5) is 10.1 Å². The van der Waals surface area contributed by atoms with Crippen molar-refractivity contribution >= 4 is 31.6 Å². The third kappa shape index (κ3) is 3.71. The van der Waals surface area contributed by atoms with E-state index < -0.39 is 31.3 Å². The molecule has 0 saturated heterocycles. The normalized spacial score (nSPS) is 11.8. The minimum atomic E-state index is -4.00. The van der Waals surface area contributed by atoms with Gasteiger partial charge in [-0.25, -0.2) is 17.1 Å². The quantitative estimate of drug-likeness (QED) is 0.445. The summed E-state index contributed by atoms with van der Waals surface area (Å²) >= 11 is 3.17. The Hall–Kier alpha value is -1.06. The third-order valence-corrected chi connectivity index (χ3v) is 4.88. The Bertz CT molecular complexity index is 579. The first-order valence-electron chi connectivity index (χ1n) is 5.27. The highest BCUT2D eigenvalue weighted by atomic mass is 79.9. The maximum absolute atomic E-state index is 13.0. The summed E-state index contributed by atoms with van der Waals surface area (Å²) in [6.07, 6.45) is 0.560. The number of nitrogens with zero attached hydrogens (tertiary/aromatic N) is 2. The van der Waals surface area contributed by atoms with Crippen LogP contribution in [0.5, 0.6) is 0 Å². The van der Waals surface area contributed by atoms with Crippen LogP contribution in [0.3, 0.4) is 0 Å². The summed E-state index contributed by atoms with van der Waals surface area (Å²) in [7, 11) is -2.68. The Labute approximate surface area is 118 Å². The van der Waals surface area contributed by atoms with Gasteiger partial charge in [-0.1, -0.05) is 15.9 Å². The van der Waals surface area contributed by atoms with E-state index in [-0.39, 0.29) is 6.54 Å². The summed E-state index contributed by atoms with van der Waals surface area (Å²) in [5, 5.41) is 11.4. The molecule has 1 rings (SSSR count). The molecule has 0 aliphatic carbocycles. The van der Waals surface area contributed by atoms with Crippen molar-refractivity contribution in [3.8, 4) is 0 Å². The molecule has 0 heterocycles. The van der Waals surface area contributed by atoms with Crippen LogP contribution < -0.4 is 0 Å². The molecule has 106 valence electrons. The predicted molar refractivity (Wildman–Crippen MR) is 71.3 cm³/mol. The molecule has 0 atom stereocenters. The Kier molecular flexibility index (Phi) is 5.39. The molecule has 9 heteroatoms. The average molecular weight is 355 g/mol. The molecule has 0 radical (unpaired) electrons. The van der Waals surface area contributed by atoms with E-state index in [1.807, 2.05) is 0 Å². The monoisotopic (exact) mass is 354 g/mol. The molecular formula is C10H12BrFN2O4S. The van der Waals surface area contributed by atoms with E-state index in [0.29, 0.717) is 17.8 Å². The van der Waals surface area contributed by atoms with Gasteiger partial charge in [-0.05, 0) is 18.6 Å². The van der Waals surface area contributed by atoms with Gasteiger partial charge in [-0.2, -0.15) is 0 Å². The topological polar surface area (TPSA) is 80.5 Å². The summed E-state index contributed by atoms with van der Waals surface area (Å²) in [4.78, 5) is 9.39. The molecule has 0 aromatic heterocycles. The second-order valence-corrected chi connectivity index (χ2v) is 6.54. The van der Waals surface area contributed by atoms with E-state index >= 15 is 0 Å². The SMILES string of the molecule is CN(CCCBr)S(=O)(=O)c1ccc(F)cc1[N+](=O)[O-]. The number of nitro groups is 1. The maximum Gasteiger partial charge on any atom is 0.292 e. The second kappa shape index (κ2) is 6.40. The molecule has 6 nitrogen and oxygen atoms in total. The first-order chi connectivity index (χ1) is 8.80. The van der Waals surface area contributed by atoms with Crippen LogP contribution >= 0.6 is 15.9 Å². The lowest BCUT2D eigenvalue weighted by Crippen LogP contribution is -2.28. The molecule has 0 N–H and O–H groups in total. The van der Waals surface area contributed by atoms with Crippen molar-refractivity contribution in [1.29, 1.82) is 0 Å². The van der Waals surface area contributed by atoms with Gasteiger partial charge in [0.05, 0.1) is 11.0 Å². The Balaban J connectivity index is 3.25. The van der Waals surface area contributed by atoms with Gasteiger partial charge in [0.15, 0.2) is 4.90 Å². The van der Waals surface area contributed by atoms with E-state index in [9.17, 15) is 22.9 Å². The number of benzene rings is 1. The van der Waals surface area contributed by atoms with Crippen LogP contribution in [-0.2, 0) is 10.0 Å². The van der Waals surface area contributed by atoms with Crippen LogP contribution in [0.1, 0.15) is 6.42 Å². The molecule has 0 saturated carbocycles. The fourth-order valence-electron chi connectivity index (χ4n) is 1.42. The van der Waals surface area contributed by atoms with Crippen molar-refractivity contribution in [1.82, 2.24) is 4.31 Å². The van der Waals surface area contributed by atoms with Crippen LogP contribution in [0.15, 0.2) is 23.1 Å². The van der Waals surface area contributed by atoms with Crippen LogP contribution in [0, 0.1) is 15.9 Å². The van der Waals surface area contributed by atoms with Gasteiger partial charge in [0.25, 0.3) is 5.69 Å². The van der Waals surface area contributed by atoms with Crippen molar-refractivity contribution < 1.29 is 17.7 Å². The molecule has 0 bridgehead atoms. The van der Waals surface area contributed by atoms with Gasteiger partial charge in [-0.15, -0.1) is 0 Å². The Morgan fingerprint density at radius 2 is 2.11 bits per heavy atom. The number of hydrogen-bond donors (Lipinski definition) is 0. The lowest BCUT2D eigenvalue weighted by Gasteiger charge is -2.16. The van der Waals surface area contributed by atoms with Gasteiger partial charge < -0.3 is 0 Å². The minimum absolute atomic E-state index is 0.210.